The molecule has 0 spiro atoms. The molecule has 0 saturated carbocycles. The van der Waals surface area contributed by atoms with E-state index < -0.39 is 0 Å². The van der Waals surface area contributed by atoms with Crippen LogP contribution in [0.5, 0.6) is 0 Å². The molecule has 0 atom stereocenters. The third kappa shape index (κ3) is 5.35. The Morgan fingerprint density at radius 2 is 1.88 bits per heavy atom. The van der Waals surface area contributed by atoms with Crippen molar-refractivity contribution in [2.75, 3.05) is 40.3 Å². The van der Waals surface area contributed by atoms with Gasteiger partial charge >= 0.3 is 6.03 Å². The molecule has 94 valence electrons. The van der Waals surface area contributed by atoms with Crippen molar-refractivity contribution in [3.8, 4) is 0 Å². The van der Waals surface area contributed by atoms with Crippen molar-refractivity contribution >= 4 is 6.03 Å². The molecule has 1 aliphatic rings. The predicted molar refractivity (Wildman–Crippen MR) is 66.6 cm³/mol. The number of rotatable bonds is 5. The second-order valence-corrected chi connectivity index (χ2v) is 4.79. The fourth-order valence-electron chi connectivity index (χ4n) is 1.96. The van der Waals surface area contributed by atoms with Crippen molar-refractivity contribution in [2.45, 2.75) is 32.1 Å². The first-order valence-corrected chi connectivity index (χ1v) is 6.37. The summed E-state index contributed by atoms with van der Waals surface area (Å²) in [4.78, 5) is 15.8. The molecule has 0 radical (unpaired) electrons. The molecule has 0 aromatic heterocycles. The lowest BCUT2D eigenvalue weighted by Crippen LogP contribution is -2.43. The highest BCUT2D eigenvalue weighted by molar-refractivity contribution is 5.74. The van der Waals surface area contributed by atoms with Gasteiger partial charge in [0.2, 0.25) is 0 Å². The molecule has 0 unspecified atom stereocenters. The van der Waals surface area contributed by atoms with Crippen LogP contribution in [0.4, 0.5) is 4.79 Å². The number of carbonyl (C=O) groups is 1. The molecule has 4 nitrogen and oxygen atoms in total. The van der Waals surface area contributed by atoms with Crippen molar-refractivity contribution in [2.24, 2.45) is 0 Å². The summed E-state index contributed by atoms with van der Waals surface area (Å²) < 4.78 is 0. The molecule has 1 N–H and O–H groups in total. The molecule has 1 saturated heterocycles. The molecule has 0 bridgehead atoms. The second-order valence-electron chi connectivity index (χ2n) is 4.79. The summed E-state index contributed by atoms with van der Waals surface area (Å²) in [7, 11) is 4.15. The van der Waals surface area contributed by atoms with Crippen LogP contribution in [0.2, 0.25) is 0 Å². The van der Waals surface area contributed by atoms with Gasteiger partial charge in [-0.15, -0.1) is 0 Å². The minimum Gasteiger partial charge on any atom is -0.338 e. The van der Waals surface area contributed by atoms with E-state index in [1.54, 1.807) is 0 Å². The number of carbonyl (C=O) groups excluding carboxylic acids is 1. The van der Waals surface area contributed by atoms with E-state index in [0.29, 0.717) is 0 Å². The molecule has 1 heterocycles. The number of nitrogens with zero attached hydrogens (tertiary/aromatic N) is 2. The van der Waals surface area contributed by atoms with E-state index in [1.807, 2.05) is 4.90 Å². The third-order valence-corrected chi connectivity index (χ3v) is 2.95. The number of likely N-dealkylation sites (tertiary alicyclic amines) is 1. The molecule has 1 rings (SSSR count). The third-order valence-electron chi connectivity index (χ3n) is 2.95. The minimum atomic E-state index is 0.129. The summed E-state index contributed by atoms with van der Waals surface area (Å²) in [5.41, 5.74) is 0. The monoisotopic (exact) mass is 227 g/mol. The van der Waals surface area contributed by atoms with Crippen LogP contribution < -0.4 is 5.32 Å². The zero-order chi connectivity index (χ0) is 11.8. The zero-order valence-corrected chi connectivity index (χ0v) is 10.7. The molecule has 16 heavy (non-hydrogen) atoms. The van der Waals surface area contributed by atoms with Crippen LogP contribution in [0.15, 0.2) is 0 Å². The molecule has 4 heteroatoms. The number of urea groups is 1. The first-order valence-electron chi connectivity index (χ1n) is 6.37. The molecular formula is C12H25N3O. The van der Waals surface area contributed by atoms with Crippen molar-refractivity contribution in [1.29, 1.82) is 0 Å². The van der Waals surface area contributed by atoms with Gasteiger partial charge in [-0.1, -0.05) is 0 Å². The Morgan fingerprint density at radius 1 is 1.19 bits per heavy atom. The number of unbranched alkanes of at least 4 members (excludes halogenated alkanes) is 1. The van der Waals surface area contributed by atoms with Crippen LogP contribution in [0.3, 0.4) is 0 Å². The fraction of sp³-hybridized carbons (Fsp3) is 0.917. The summed E-state index contributed by atoms with van der Waals surface area (Å²) in [6, 6.07) is 0.129. The summed E-state index contributed by atoms with van der Waals surface area (Å²) in [5, 5.41) is 2.99. The smallest absolute Gasteiger partial charge is 0.317 e. The van der Waals surface area contributed by atoms with Crippen LogP contribution in [-0.2, 0) is 0 Å². The van der Waals surface area contributed by atoms with Gasteiger partial charge in [0, 0.05) is 19.6 Å². The van der Waals surface area contributed by atoms with Crippen LogP contribution in [0.25, 0.3) is 0 Å². The van der Waals surface area contributed by atoms with Gasteiger partial charge in [0.1, 0.15) is 0 Å². The van der Waals surface area contributed by atoms with E-state index in [-0.39, 0.29) is 6.03 Å². The van der Waals surface area contributed by atoms with Gasteiger partial charge in [0.25, 0.3) is 0 Å². The van der Waals surface area contributed by atoms with Crippen LogP contribution in [0.1, 0.15) is 32.1 Å². The molecule has 1 aliphatic heterocycles. The van der Waals surface area contributed by atoms with Crippen molar-refractivity contribution in [3.63, 3.8) is 0 Å². The summed E-state index contributed by atoms with van der Waals surface area (Å²) in [6.07, 6.45) is 5.81. The lowest BCUT2D eigenvalue weighted by atomic mass is 10.1. The van der Waals surface area contributed by atoms with E-state index in [2.05, 4.69) is 24.3 Å². The lowest BCUT2D eigenvalue weighted by molar-refractivity contribution is 0.186. The van der Waals surface area contributed by atoms with E-state index in [0.717, 1.165) is 51.9 Å². The average molecular weight is 227 g/mol. The number of nitrogens with one attached hydrogen (secondary N) is 1. The van der Waals surface area contributed by atoms with Gasteiger partial charge in [0.05, 0.1) is 0 Å². The highest BCUT2D eigenvalue weighted by Gasteiger charge is 2.15. The van der Waals surface area contributed by atoms with Crippen molar-refractivity contribution in [3.05, 3.63) is 0 Å². The van der Waals surface area contributed by atoms with Gasteiger partial charge in [-0.25, -0.2) is 4.79 Å². The van der Waals surface area contributed by atoms with Crippen LogP contribution >= 0.6 is 0 Å². The number of piperidine rings is 1. The Balaban J connectivity index is 2.01. The van der Waals surface area contributed by atoms with Crippen LogP contribution in [0, 0.1) is 0 Å². The Hall–Kier alpha value is -0.770. The number of hydrogen-bond acceptors (Lipinski definition) is 2. The molecule has 1 fully saturated rings. The van der Waals surface area contributed by atoms with Gasteiger partial charge < -0.3 is 15.1 Å². The standard InChI is InChI=1S/C12H25N3O/c1-14(2)9-7-4-8-13-12(16)15-10-5-3-6-11-15/h3-11H2,1-2H3,(H,13,16). The minimum absolute atomic E-state index is 0.129. The fourth-order valence-corrected chi connectivity index (χ4v) is 1.96. The topological polar surface area (TPSA) is 35.6 Å². The SMILES string of the molecule is CN(C)CCCCNC(=O)N1CCCCC1. The van der Waals surface area contributed by atoms with E-state index in [4.69, 9.17) is 0 Å². The normalized spacial score (nSPS) is 16.6. The van der Waals surface area contributed by atoms with Gasteiger partial charge in [-0.2, -0.15) is 0 Å². The average Bonchev–Trinajstić information content (AvgIpc) is 2.29. The molecule has 0 aromatic carbocycles. The molecule has 0 aromatic rings. The Kier molecular flexibility index (Phi) is 6.23. The maximum atomic E-state index is 11.7. The first-order chi connectivity index (χ1) is 7.70. The maximum Gasteiger partial charge on any atom is 0.317 e. The van der Waals surface area contributed by atoms with Gasteiger partial charge in [-0.05, 0) is 52.7 Å². The Bertz CT molecular complexity index is 200. The number of amides is 2. The summed E-state index contributed by atoms with van der Waals surface area (Å²) in [5.74, 6) is 0. The second kappa shape index (κ2) is 7.49. The largest absolute Gasteiger partial charge is 0.338 e. The van der Waals surface area contributed by atoms with Crippen molar-refractivity contribution in [1.82, 2.24) is 15.1 Å². The number of hydrogen-bond donors (Lipinski definition) is 1. The highest BCUT2D eigenvalue weighted by atomic mass is 16.2. The quantitative estimate of drug-likeness (QED) is 0.723. The maximum absolute atomic E-state index is 11.7. The summed E-state index contributed by atoms with van der Waals surface area (Å²) >= 11 is 0. The first kappa shape index (κ1) is 13.3. The van der Waals surface area contributed by atoms with Crippen LogP contribution in [-0.4, -0.2) is 56.1 Å². The predicted octanol–water partition coefficient (Wildman–Crippen LogP) is 1.52. The van der Waals surface area contributed by atoms with Gasteiger partial charge in [-0.3, -0.25) is 0 Å². The van der Waals surface area contributed by atoms with E-state index >= 15 is 0 Å². The zero-order valence-electron chi connectivity index (χ0n) is 10.7. The molecular weight excluding hydrogens is 202 g/mol. The van der Waals surface area contributed by atoms with E-state index in [1.165, 1.54) is 6.42 Å². The lowest BCUT2D eigenvalue weighted by Gasteiger charge is -2.26. The summed E-state index contributed by atoms with van der Waals surface area (Å²) in [6.45, 7) is 3.77. The molecule has 2 amide bonds. The highest BCUT2D eigenvalue weighted by Crippen LogP contribution is 2.08. The Morgan fingerprint density at radius 3 is 2.50 bits per heavy atom. The molecule has 0 aliphatic carbocycles. The van der Waals surface area contributed by atoms with Crippen molar-refractivity contribution < 1.29 is 4.79 Å². The Labute approximate surface area is 99.0 Å². The van der Waals surface area contributed by atoms with E-state index in [9.17, 15) is 4.79 Å². The van der Waals surface area contributed by atoms with Gasteiger partial charge in [0.15, 0.2) is 0 Å².